The van der Waals surface area contributed by atoms with Gasteiger partial charge in [-0.3, -0.25) is 0 Å². The van der Waals surface area contributed by atoms with Crippen LogP contribution in [0.25, 0.3) is 49.4 Å². The van der Waals surface area contributed by atoms with Gasteiger partial charge in [-0.25, -0.2) is 0 Å². The lowest BCUT2D eigenvalue weighted by Gasteiger charge is -2.33. The van der Waals surface area contributed by atoms with Crippen molar-refractivity contribution in [2.75, 3.05) is 4.90 Å². The maximum Gasteiger partial charge on any atom is 0.159 e. The van der Waals surface area contributed by atoms with Crippen LogP contribution in [0.15, 0.2) is 138 Å². The number of fused-ring (bicyclic) bond motifs is 8. The van der Waals surface area contributed by atoms with Crippen LogP contribution in [-0.4, -0.2) is 4.57 Å². The highest BCUT2D eigenvalue weighted by Gasteiger charge is 2.28. The van der Waals surface area contributed by atoms with Crippen LogP contribution in [0.5, 0.6) is 0 Å². The van der Waals surface area contributed by atoms with Crippen LogP contribution in [0.3, 0.4) is 0 Å². The number of furan rings is 1. The van der Waals surface area contributed by atoms with E-state index in [2.05, 4.69) is 137 Å². The van der Waals surface area contributed by atoms with Crippen molar-refractivity contribution < 1.29 is 4.42 Å². The smallest absolute Gasteiger partial charge is 0.159 e. The lowest BCUT2D eigenvalue weighted by molar-refractivity contribution is 0.669. The summed E-state index contributed by atoms with van der Waals surface area (Å²) in [5.74, 6) is 0. The molecule has 40 heavy (non-hydrogen) atoms. The molecule has 2 aromatic heterocycles. The maximum absolute atomic E-state index is 6.55. The first-order valence-corrected chi connectivity index (χ1v) is 13.7. The van der Waals surface area contributed by atoms with Gasteiger partial charge in [0.25, 0.3) is 0 Å². The Balaban J connectivity index is 1.39. The molecular weight excluding hydrogens is 488 g/mol. The minimum absolute atomic E-state index is 0.888. The number of rotatable bonds is 2. The standard InChI is InChI=1S/C37H24N2O/c1-2-12-26(13-3-1)38-32-18-8-5-14-27(32)30-22-25-21-24-11-4-7-17-31(24)39(34(25)23-35(30)38)33-19-10-16-29-28-15-6-9-20-36(28)40-37(29)33/h1-20,22-23H,21H2. The Kier molecular flexibility index (Phi) is 4.39. The van der Waals surface area contributed by atoms with Gasteiger partial charge in [0.15, 0.2) is 5.58 Å². The Morgan fingerprint density at radius 2 is 1.20 bits per heavy atom. The van der Waals surface area contributed by atoms with E-state index >= 15 is 0 Å². The normalized spacial score (nSPS) is 12.8. The Labute approximate surface area is 231 Å². The van der Waals surface area contributed by atoms with E-state index in [1.807, 2.05) is 6.07 Å². The predicted octanol–water partition coefficient (Wildman–Crippen LogP) is 10.1. The third-order valence-electron chi connectivity index (χ3n) is 8.37. The topological polar surface area (TPSA) is 21.3 Å². The molecule has 0 aliphatic carbocycles. The van der Waals surface area contributed by atoms with Crippen LogP contribution >= 0.6 is 0 Å². The van der Waals surface area contributed by atoms with Gasteiger partial charge in [0.1, 0.15) is 5.58 Å². The molecule has 9 rings (SSSR count). The molecule has 8 aromatic rings. The van der Waals surface area contributed by atoms with Crippen molar-refractivity contribution in [2.24, 2.45) is 0 Å². The summed E-state index contributed by atoms with van der Waals surface area (Å²) in [5, 5.41) is 4.83. The zero-order valence-corrected chi connectivity index (χ0v) is 21.7. The number of benzene rings is 6. The number of para-hydroxylation sites is 5. The van der Waals surface area contributed by atoms with Gasteiger partial charge in [-0.15, -0.1) is 0 Å². The van der Waals surface area contributed by atoms with Gasteiger partial charge in [0.2, 0.25) is 0 Å². The average Bonchev–Trinajstić information content (AvgIpc) is 3.55. The van der Waals surface area contributed by atoms with Gasteiger partial charge in [0, 0.05) is 39.3 Å². The van der Waals surface area contributed by atoms with Crippen molar-refractivity contribution in [3.05, 3.63) is 145 Å². The van der Waals surface area contributed by atoms with Gasteiger partial charge in [-0.1, -0.05) is 84.9 Å². The summed E-state index contributed by atoms with van der Waals surface area (Å²) in [5.41, 5.74) is 11.5. The Morgan fingerprint density at radius 1 is 0.475 bits per heavy atom. The number of nitrogens with zero attached hydrogens (tertiary/aromatic N) is 2. The van der Waals surface area contributed by atoms with Crippen molar-refractivity contribution in [3.63, 3.8) is 0 Å². The molecule has 0 saturated heterocycles. The zero-order valence-electron chi connectivity index (χ0n) is 21.7. The van der Waals surface area contributed by atoms with Crippen LogP contribution in [0, 0.1) is 0 Å². The number of anilines is 3. The molecule has 3 heteroatoms. The number of hydrogen-bond donors (Lipinski definition) is 0. The average molecular weight is 513 g/mol. The minimum Gasteiger partial charge on any atom is -0.454 e. The van der Waals surface area contributed by atoms with Crippen LogP contribution in [-0.2, 0) is 6.42 Å². The summed E-state index contributed by atoms with van der Waals surface area (Å²) in [6.07, 6.45) is 0.888. The van der Waals surface area contributed by atoms with Gasteiger partial charge in [-0.2, -0.15) is 0 Å². The van der Waals surface area contributed by atoms with Crippen molar-refractivity contribution in [2.45, 2.75) is 6.42 Å². The lowest BCUT2D eigenvalue weighted by Crippen LogP contribution is -2.18. The molecule has 0 atom stereocenters. The van der Waals surface area contributed by atoms with Crippen LogP contribution < -0.4 is 4.90 Å². The Bertz CT molecular complexity index is 2250. The summed E-state index contributed by atoms with van der Waals surface area (Å²) in [7, 11) is 0. The maximum atomic E-state index is 6.55. The molecule has 0 bridgehead atoms. The molecule has 0 N–H and O–H groups in total. The van der Waals surface area contributed by atoms with E-state index in [4.69, 9.17) is 4.42 Å². The van der Waals surface area contributed by atoms with E-state index in [1.54, 1.807) is 0 Å². The molecule has 3 nitrogen and oxygen atoms in total. The fraction of sp³-hybridized carbons (Fsp3) is 0.0270. The van der Waals surface area contributed by atoms with Crippen LogP contribution in [0.4, 0.5) is 17.1 Å². The third-order valence-corrected chi connectivity index (χ3v) is 8.37. The number of aromatic nitrogens is 1. The van der Waals surface area contributed by atoms with Crippen LogP contribution in [0.2, 0.25) is 0 Å². The van der Waals surface area contributed by atoms with E-state index < -0.39 is 0 Å². The fourth-order valence-electron chi connectivity index (χ4n) is 6.64. The molecule has 6 aromatic carbocycles. The molecule has 0 spiro atoms. The first kappa shape index (κ1) is 21.6. The van der Waals surface area contributed by atoms with E-state index in [-0.39, 0.29) is 0 Å². The fourth-order valence-corrected chi connectivity index (χ4v) is 6.64. The second kappa shape index (κ2) is 8.11. The molecule has 0 fully saturated rings. The lowest BCUT2D eigenvalue weighted by atomic mass is 9.93. The van der Waals surface area contributed by atoms with Crippen molar-refractivity contribution >= 4 is 60.8 Å². The molecule has 1 aliphatic heterocycles. The van der Waals surface area contributed by atoms with Gasteiger partial charge in [-0.05, 0) is 59.7 Å². The molecule has 1 aliphatic rings. The Morgan fingerprint density at radius 3 is 2.12 bits per heavy atom. The van der Waals surface area contributed by atoms with Crippen LogP contribution in [0.1, 0.15) is 11.1 Å². The number of hydrogen-bond acceptors (Lipinski definition) is 2. The van der Waals surface area contributed by atoms with Gasteiger partial charge in [0.05, 0.1) is 22.4 Å². The molecule has 0 unspecified atom stereocenters. The highest BCUT2D eigenvalue weighted by molar-refractivity contribution is 6.13. The summed E-state index contributed by atoms with van der Waals surface area (Å²) in [4.78, 5) is 2.41. The van der Waals surface area contributed by atoms with E-state index in [0.29, 0.717) is 0 Å². The SMILES string of the molecule is c1ccc(-n2c3ccccc3c3cc4c(cc32)N(c2cccc3c2oc2ccccc23)c2ccccc2C4)cc1. The molecule has 3 heterocycles. The summed E-state index contributed by atoms with van der Waals surface area (Å²) in [6.45, 7) is 0. The van der Waals surface area contributed by atoms with E-state index in [1.165, 1.54) is 44.3 Å². The van der Waals surface area contributed by atoms with E-state index in [9.17, 15) is 0 Å². The summed E-state index contributed by atoms with van der Waals surface area (Å²) < 4.78 is 8.94. The monoisotopic (exact) mass is 512 g/mol. The first-order valence-electron chi connectivity index (χ1n) is 13.7. The van der Waals surface area contributed by atoms with Crippen molar-refractivity contribution in [3.8, 4) is 5.69 Å². The van der Waals surface area contributed by atoms with E-state index in [0.717, 1.165) is 39.7 Å². The predicted molar refractivity (Wildman–Crippen MR) is 166 cm³/mol. The highest BCUT2D eigenvalue weighted by Crippen LogP contribution is 2.49. The molecule has 0 amide bonds. The molecule has 0 radical (unpaired) electrons. The second-order valence-corrected chi connectivity index (χ2v) is 10.6. The largest absolute Gasteiger partial charge is 0.454 e. The molecule has 0 saturated carbocycles. The molecular formula is C37H24N2O. The second-order valence-electron chi connectivity index (χ2n) is 10.6. The Hall–Kier alpha value is -5.28. The minimum atomic E-state index is 0.888. The first-order chi connectivity index (χ1) is 19.8. The quantitative estimate of drug-likeness (QED) is 0.230. The van der Waals surface area contributed by atoms with Gasteiger partial charge >= 0.3 is 0 Å². The van der Waals surface area contributed by atoms with Crippen molar-refractivity contribution in [1.29, 1.82) is 0 Å². The van der Waals surface area contributed by atoms with Crippen molar-refractivity contribution in [1.82, 2.24) is 4.57 Å². The zero-order chi connectivity index (χ0) is 26.2. The highest BCUT2D eigenvalue weighted by atomic mass is 16.3. The molecule has 188 valence electrons. The van der Waals surface area contributed by atoms with Gasteiger partial charge < -0.3 is 13.9 Å². The third kappa shape index (κ3) is 2.95. The summed E-state index contributed by atoms with van der Waals surface area (Å²) in [6, 6.07) is 47.8. The summed E-state index contributed by atoms with van der Waals surface area (Å²) >= 11 is 0.